The zero-order valence-corrected chi connectivity index (χ0v) is 16.2. The second-order valence-electron chi connectivity index (χ2n) is 6.93. The molecule has 1 aliphatic carbocycles. The highest BCUT2D eigenvalue weighted by Gasteiger charge is 2.40. The quantitative estimate of drug-likeness (QED) is 0.598. The molecule has 3 rings (SSSR count). The van der Waals surface area contributed by atoms with Gasteiger partial charge in [-0.05, 0) is 47.6 Å². The minimum Gasteiger partial charge on any atom is -0.504 e. The Bertz CT molecular complexity index is 849. The number of ether oxygens (including phenoxy) is 3. The molecule has 0 amide bonds. The second-order valence-corrected chi connectivity index (χ2v) is 6.93. The molecule has 0 heterocycles. The largest absolute Gasteiger partial charge is 0.504 e. The van der Waals surface area contributed by atoms with E-state index in [1.165, 1.54) is 27.4 Å². The minimum absolute atomic E-state index is 0.0108. The summed E-state index contributed by atoms with van der Waals surface area (Å²) in [6, 6.07) is 6.62. The third-order valence-electron chi connectivity index (χ3n) is 5.61. The molecule has 3 atom stereocenters. The number of phenols is 2. The lowest BCUT2D eigenvalue weighted by Crippen LogP contribution is -2.35. The molecule has 2 aromatic carbocycles. The average molecular weight is 390 g/mol. The average Bonchev–Trinajstić information content (AvgIpc) is 2.71. The van der Waals surface area contributed by atoms with Crippen molar-refractivity contribution in [2.45, 2.75) is 12.3 Å². The fourth-order valence-electron chi connectivity index (χ4n) is 4.27. The van der Waals surface area contributed by atoms with Gasteiger partial charge in [0.1, 0.15) is 0 Å². The van der Waals surface area contributed by atoms with Gasteiger partial charge in [0, 0.05) is 24.7 Å². The number of rotatable bonds is 6. The fraction of sp³-hybridized carbons (Fsp3) is 0.429. The SMILES string of the molecule is COc1cc(C2c3cc(O)c(OC)c(OC)c3CC(CO)C2CO)ccc1O. The van der Waals surface area contributed by atoms with Crippen LogP contribution in [0.15, 0.2) is 24.3 Å². The number of phenolic OH excluding ortho intramolecular Hbond substituents is 2. The second kappa shape index (κ2) is 8.16. The molecule has 7 nitrogen and oxygen atoms in total. The van der Waals surface area contributed by atoms with Gasteiger partial charge in [0.25, 0.3) is 0 Å². The van der Waals surface area contributed by atoms with Crippen molar-refractivity contribution in [1.29, 1.82) is 0 Å². The maximum absolute atomic E-state index is 10.5. The summed E-state index contributed by atoms with van der Waals surface area (Å²) in [6.45, 7) is -0.254. The third kappa shape index (κ3) is 3.21. The standard InChI is InChI=1S/C21H26O7/c1-26-18-7-11(4-5-16(18)24)19-13-8-17(25)21(28-3)20(27-2)14(13)6-12(9-22)15(19)10-23/h4-5,7-8,12,15,19,22-25H,6,9-10H2,1-3H3. The summed E-state index contributed by atoms with van der Waals surface area (Å²) in [5.41, 5.74) is 2.39. The molecule has 152 valence electrons. The summed E-state index contributed by atoms with van der Waals surface area (Å²) in [5.74, 6) is 0.0718. The maximum atomic E-state index is 10.5. The predicted octanol–water partition coefficient (Wildman–Crippen LogP) is 2.03. The monoisotopic (exact) mass is 390 g/mol. The first-order chi connectivity index (χ1) is 13.5. The third-order valence-corrected chi connectivity index (χ3v) is 5.61. The normalized spacial score (nSPS) is 21.1. The summed E-state index contributed by atoms with van der Waals surface area (Å²) in [4.78, 5) is 0. The molecular weight excluding hydrogens is 364 g/mol. The Morgan fingerprint density at radius 3 is 2.18 bits per heavy atom. The number of benzene rings is 2. The number of hydrogen-bond donors (Lipinski definition) is 4. The summed E-state index contributed by atoms with van der Waals surface area (Å²) in [7, 11) is 4.42. The van der Waals surface area contributed by atoms with Crippen LogP contribution in [0.25, 0.3) is 0 Å². The summed E-state index contributed by atoms with van der Waals surface area (Å²) in [6.07, 6.45) is 0.475. The molecular formula is C21H26O7. The van der Waals surface area contributed by atoms with Crippen LogP contribution in [0, 0.1) is 11.8 Å². The van der Waals surface area contributed by atoms with Gasteiger partial charge in [-0.2, -0.15) is 0 Å². The van der Waals surface area contributed by atoms with Crippen LogP contribution in [-0.4, -0.2) is 55.0 Å². The first-order valence-electron chi connectivity index (χ1n) is 9.05. The van der Waals surface area contributed by atoms with Crippen molar-refractivity contribution in [2.24, 2.45) is 11.8 Å². The highest BCUT2D eigenvalue weighted by molar-refractivity contribution is 5.62. The van der Waals surface area contributed by atoms with Crippen molar-refractivity contribution in [3.63, 3.8) is 0 Å². The molecule has 7 heteroatoms. The van der Waals surface area contributed by atoms with Crippen LogP contribution in [-0.2, 0) is 6.42 Å². The van der Waals surface area contributed by atoms with E-state index in [2.05, 4.69) is 0 Å². The van der Waals surface area contributed by atoms with Crippen LogP contribution in [0.2, 0.25) is 0 Å². The Balaban J connectivity index is 2.27. The molecule has 0 fully saturated rings. The van der Waals surface area contributed by atoms with E-state index in [1.807, 2.05) is 0 Å². The summed E-state index contributed by atoms with van der Waals surface area (Å²) in [5, 5.41) is 40.5. The van der Waals surface area contributed by atoms with Gasteiger partial charge in [-0.15, -0.1) is 0 Å². The highest BCUT2D eigenvalue weighted by atomic mass is 16.5. The molecule has 4 N–H and O–H groups in total. The minimum atomic E-state index is -0.342. The van der Waals surface area contributed by atoms with Gasteiger partial charge >= 0.3 is 0 Å². The Labute approximate surface area is 163 Å². The van der Waals surface area contributed by atoms with Crippen molar-refractivity contribution in [2.75, 3.05) is 34.5 Å². The molecule has 0 aromatic heterocycles. The van der Waals surface area contributed by atoms with Gasteiger partial charge in [-0.25, -0.2) is 0 Å². The Morgan fingerprint density at radius 1 is 0.893 bits per heavy atom. The molecule has 0 spiro atoms. The lowest BCUT2D eigenvalue weighted by Gasteiger charge is -2.39. The molecule has 0 bridgehead atoms. The van der Waals surface area contributed by atoms with Gasteiger partial charge in [0.15, 0.2) is 23.0 Å². The molecule has 0 saturated carbocycles. The van der Waals surface area contributed by atoms with E-state index in [-0.39, 0.29) is 48.2 Å². The Kier molecular flexibility index (Phi) is 5.86. The number of aromatic hydroxyl groups is 2. The van der Waals surface area contributed by atoms with E-state index in [4.69, 9.17) is 14.2 Å². The lowest BCUT2D eigenvalue weighted by molar-refractivity contribution is 0.100. The number of fused-ring (bicyclic) bond motifs is 1. The van der Waals surface area contributed by atoms with Gasteiger partial charge < -0.3 is 34.6 Å². The van der Waals surface area contributed by atoms with E-state index < -0.39 is 0 Å². The van der Waals surface area contributed by atoms with Crippen LogP contribution < -0.4 is 14.2 Å². The predicted molar refractivity (Wildman–Crippen MR) is 103 cm³/mol. The van der Waals surface area contributed by atoms with Gasteiger partial charge in [-0.1, -0.05) is 6.07 Å². The Morgan fingerprint density at radius 2 is 1.61 bits per heavy atom. The molecule has 0 radical (unpaired) electrons. The fourth-order valence-corrected chi connectivity index (χ4v) is 4.27. The van der Waals surface area contributed by atoms with Crippen LogP contribution in [0.4, 0.5) is 0 Å². The van der Waals surface area contributed by atoms with Crippen LogP contribution in [0.5, 0.6) is 28.7 Å². The number of aliphatic hydroxyl groups is 2. The van der Waals surface area contributed by atoms with Crippen molar-refractivity contribution in [3.8, 4) is 28.7 Å². The highest BCUT2D eigenvalue weighted by Crippen LogP contribution is 2.52. The molecule has 28 heavy (non-hydrogen) atoms. The van der Waals surface area contributed by atoms with Gasteiger partial charge in [0.2, 0.25) is 5.75 Å². The topological polar surface area (TPSA) is 109 Å². The smallest absolute Gasteiger partial charge is 0.203 e. The first kappa shape index (κ1) is 20.1. The number of aliphatic hydroxyl groups excluding tert-OH is 2. The number of hydrogen-bond acceptors (Lipinski definition) is 7. The van der Waals surface area contributed by atoms with Crippen LogP contribution in [0.1, 0.15) is 22.6 Å². The van der Waals surface area contributed by atoms with Crippen LogP contribution in [0.3, 0.4) is 0 Å². The van der Waals surface area contributed by atoms with E-state index in [1.54, 1.807) is 18.2 Å². The zero-order chi connectivity index (χ0) is 20.4. The summed E-state index contributed by atoms with van der Waals surface area (Å²) < 4.78 is 16.1. The van der Waals surface area contributed by atoms with Crippen LogP contribution >= 0.6 is 0 Å². The van der Waals surface area contributed by atoms with E-state index in [0.29, 0.717) is 17.9 Å². The van der Waals surface area contributed by atoms with Gasteiger partial charge in [0.05, 0.1) is 21.3 Å². The number of methoxy groups -OCH3 is 3. The first-order valence-corrected chi connectivity index (χ1v) is 9.05. The lowest BCUT2D eigenvalue weighted by atomic mass is 9.66. The Hall–Kier alpha value is -2.64. The summed E-state index contributed by atoms with van der Waals surface area (Å²) >= 11 is 0. The molecule has 1 aliphatic rings. The van der Waals surface area contributed by atoms with E-state index in [0.717, 1.165) is 16.7 Å². The molecule has 0 aliphatic heterocycles. The zero-order valence-electron chi connectivity index (χ0n) is 16.2. The maximum Gasteiger partial charge on any atom is 0.203 e. The van der Waals surface area contributed by atoms with Crippen molar-refractivity contribution >= 4 is 0 Å². The van der Waals surface area contributed by atoms with Crippen molar-refractivity contribution in [3.05, 3.63) is 41.0 Å². The van der Waals surface area contributed by atoms with Gasteiger partial charge in [-0.3, -0.25) is 0 Å². The van der Waals surface area contributed by atoms with E-state index >= 15 is 0 Å². The van der Waals surface area contributed by atoms with E-state index in [9.17, 15) is 20.4 Å². The van der Waals surface area contributed by atoms with Crippen molar-refractivity contribution < 1.29 is 34.6 Å². The molecule has 2 aromatic rings. The van der Waals surface area contributed by atoms with Crippen molar-refractivity contribution in [1.82, 2.24) is 0 Å². The molecule has 3 unspecified atom stereocenters. The molecule has 0 saturated heterocycles.